The molecule has 2 heterocycles. The highest BCUT2D eigenvalue weighted by atomic mass is 35.5. The van der Waals surface area contributed by atoms with Gasteiger partial charge in [-0.25, -0.2) is 4.98 Å². The average Bonchev–Trinajstić information content (AvgIpc) is 3.04. The van der Waals surface area contributed by atoms with Crippen LogP contribution in [0.5, 0.6) is 0 Å². The van der Waals surface area contributed by atoms with Crippen LogP contribution >= 0.6 is 11.6 Å². The number of benzene rings is 1. The molecule has 3 rings (SSSR count). The fraction of sp³-hybridized carbons (Fsp3) is 0.412. The Balaban J connectivity index is 1.55. The van der Waals surface area contributed by atoms with Crippen molar-refractivity contribution in [3.63, 3.8) is 0 Å². The molecule has 0 spiro atoms. The minimum absolute atomic E-state index is 0.00815. The molecular formula is C17H20ClN3O2. The fourth-order valence-electron chi connectivity index (χ4n) is 2.69. The van der Waals surface area contributed by atoms with Crippen LogP contribution in [0.2, 0.25) is 0 Å². The first kappa shape index (κ1) is 16.0. The monoisotopic (exact) mass is 333 g/mol. The number of carbonyl (C=O) groups is 1. The first-order valence-electron chi connectivity index (χ1n) is 7.79. The van der Waals surface area contributed by atoms with Crippen LogP contribution in [0.25, 0.3) is 11.3 Å². The summed E-state index contributed by atoms with van der Waals surface area (Å²) in [6.45, 7) is 5.38. The van der Waals surface area contributed by atoms with Gasteiger partial charge in [-0.1, -0.05) is 30.3 Å². The second kappa shape index (κ2) is 7.15. The normalized spacial score (nSPS) is 17.2. The molecule has 0 radical (unpaired) electrons. The number of oxazole rings is 1. The lowest BCUT2D eigenvalue weighted by molar-refractivity contribution is -0.132. The maximum absolute atomic E-state index is 11.9. The maximum Gasteiger partial charge on any atom is 0.240 e. The molecule has 23 heavy (non-hydrogen) atoms. The standard InChI is InChI=1S/C17H20ClN3O2/c1-13(18)17(22)21-9-7-20(8-10-21)12-16-19-11-15(23-16)14-5-3-2-4-6-14/h2-6,11,13H,7-10,12H2,1H3. The van der Waals surface area contributed by atoms with Crippen LogP contribution in [0.1, 0.15) is 12.8 Å². The van der Waals surface area contributed by atoms with Crippen molar-refractivity contribution in [2.75, 3.05) is 26.2 Å². The lowest BCUT2D eigenvalue weighted by atomic mass is 10.2. The lowest BCUT2D eigenvalue weighted by Crippen LogP contribution is -2.50. The largest absolute Gasteiger partial charge is 0.439 e. The number of hydrogen-bond donors (Lipinski definition) is 0. The van der Waals surface area contributed by atoms with Gasteiger partial charge in [0.2, 0.25) is 11.8 Å². The first-order chi connectivity index (χ1) is 11.1. The van der Waals surface area contributed by atoms with E-state index in [2.05, 4.69) is 9.88 Å². The number of amides is 1. The van der Waals surface area contributed by atoms with Crippen LogP contribution in [-0.4, -0.2) is 52.2 Å². The van der Waals surface area contributed by atoms with Crippen LogP contribution in [0.3, 0.4) is 0 Å². The van der Waals surface area contributed by atoms with Gasteiger partial charge in [0.05, 0.1) is 12.7 Å². The summed E-state index contributed by atoms with van der Waals surface area (Å²) < 4.78 is 5.83. The number of aromatic nitrogens is 1. The number of rotatable bonds is 4. The number of hydrogen-bond acceptors (Lipinski definition) is 4. The predicted octanol–water partition coefficient (Wildman–Crippen LogP) is 2.61. The third-order valence-electron chi connectivity index (χ3n) is 3.99. The SMILES string of the molecule is CC(Cl)C(=O)N1CCN(Cc2ncc(-c3ccccc3)o2)CC1. The van der Waals surface area contributed by atoms with E-state index in [1.165, 1.54) is 0 Å². The smallest absolute Gasteiger partial charge is 0.240 e. The van der Waals surface area contributed by atoms with Crippen molar-refractivity contribution < 1.29 is 9.21 Å². The summed E-state index contributed by atoms with van der Waals surface area (Å²) in [6, 6.07) is 9.94. The van der Waals surface area contributed by atoms with E-state index in [1.807, 2.05) is 35.2 Å². The molecule has 0 bridgehead atoms. The molecule has 1 fully saturated rings. The van der Waals surface area contributed by atoms with Crippen molar-refractivity contribution in [1.29, 1.82) is 0 Å². The Hall–Kier alpha value is -1.85. The Kier molecular flexibility index (Phi) is 4.98. The molecule has 1 aromatic carbocycles. The molecule has 1 saturated heterocycles. The first-order valence-corrected chi connectivity index (χ1v) is 8.22. The predicted molar refractivity (Wildman–Crippen MR) is 89.1 cm³/mol. The van der Waals surface area contributed by atoms with Crippen molar-refractivity contribution in [2.45, 2.75) is 18.8 Å². The molecule has 0 N–H and O–H groups in total. The van der Waals surface area contributed by atoms with Crippen molar-refractivity contribution in [2.24, 2.45) is 0 Å². The van der Waals surface area contributed by atoms with Gasteiger partial charge >= 0.3 is 0 Å². The van der Waals surface area contributed by atoms with Gasteiger partial charge in [-0.15, -0.1) is 11.6 Å². The molecule has 1 aliphatic heterocycles. The zero-order valence-electron chi connectivity index (χ0n) is 13.1. The zero-order chi connectivity index (χ0) is 16.2. The minimum Gasteiger partial charge on any atom is -0.439 e. The molecule has 122 valence electrons. The van der Waals surface area contributed by atoms with Crippen molar-refractivity contribution in [1.82, 2.24) is 14.8 Å². The van der Waals surface area contributed by atoms with Gasteiger partial charge in [0.1, 0.15) is 5.38 Å². The Morgan fingerprint density at radius 3 is 2.61 bits per heavy atom. The van der Waals surface area contributed by atoms with Gasteiger partial charge in [-0.2, -0.15) is 0 Å². The molecule has 1 atom stereocenters. The highest BCUT2D eigenvalue weighted by Crippen LogP contribution is 2.20. The molecule has 1 aromatic heterocycles. The Morgan fingerprint density at radius 2 is 1.96 bits per heavy atom. The fourth-order valence-corrected chi connectivity index (χ4v) is 2.83. The summed E-state index contributed by atoms with van der Waals surface area (Å²) in [5.41, 5.74) is 1.03. The summed E-state index contributed by atoms with van der Waals surface area (Å²) >= 11 is 5.86. The molecular weight excluding hydrogens is 314 g/mol. The third-order valence-corrected chi connectivity index (χ3v) is 4.18. The molecule has 0 saturated carbocycles. The molecule has 1 unspecified atom stereocenters. The second-order valence-corrected chi connectivity index (χ2v) is 6.36. The molecule has 0 aliphatic carbocycles. The van der Waals surface area contributed by atoms with E-state index < -0.39 is 5.38 Å². The zero-order valence-corrected chi connectivity index (χ0v) is 13.9. The Bertz CT molecular complexity index is 649. The number of halogens is 1. The van der Waals surface area contributed by atoms with Crippen LogP contribution < -0.4 is 0 Å². The second-order valence-electron chi connectivity index (χ2n) is 5.70. The van der Waals surface area contributed by atoms with Crippen LogP contribution in [0.15, 0.2) is 40.9 Å². The summed E-state index contributed by atoms with van der Waals surface area (Å²) in [7, 11) is 0. The Morgan fingerprint density at radius 1 is 1.26 bits per heavy atom. The van der Waals surface area contributed by atoms with E-state index in [-0.39, 0.29) is 5.91 Å². The quantitative estimate of drug-likeness (QED) is 0.807. The van der Waals surface area contributed by atoms with Gasteiger partial charge in [0.15, 0.2) is 5.76 Å². The van der Waals surface area contributed by atoms with Gasteiger partial charge in [0, 0.05) is 31.7 Å². The Labute approximate surface area is 140 Å². The number of piperazine rings is 1. The minimum atomic E-state index is -0.457. The molecule has 1 aliphatic rings. The van der Waals surface area contributed by atoms with E-state index in [1.54, 1.807) is 13.1 Å². The molecule has 2 aromatic rings. The highest BCUT2D eigenvalue weighted by Gasteiger charge is 2.24. The number of nitrogens with zero attached hydrogens (tertiary/aromatic N) is 3. The van der Waals surface area contributed by atoms with Crippen LogP contribution in [0.4, 0.5) is 0 Å². The molecule has 6 heteroatoms. The molecule has 1 amide bonds. The van der Waals surface area contributed by atoms with E-state index in [0.717, 1.165) is 24.4 Å². The van der Waals surface area contributed by atoms with E-state index in [4.69, 9.17) is 16.0 Å². The van der Waals surface area contributed by atoms with E-state index in [0.29, 0.717) is 25.5 Å². The maximum atomic E-state index is 11.9. The van der Waals surface area contributed by atoms with E-state index in [9.17, 15) is 4.79 Å². The summed E-state index contributed by atoms with van der Waals surface area (Å²) in [6.07, 6.45) is 1.76. The average molecular weight is 334 g/mol. The molecule has 5 nitrogen and oxygen atoms in total. The summed E-state index contributed by atoms with van der Waals surface area (Å²) in [5, 5.41) is -0.457. The summed E-state index contributed by atoms with van der Waals surface area (Å²) in [5.74, 6) is 1.49. The van der Waals surface area contributed by atoms with Crippen molar-refractivity contribution in [3.05, 3.63) is 42.4 Å². The van der Waals surface area contributed by atoms with Gasteiger partial charge in [-0.3, -0.25) is 9.69 Å². The number of alkyl halides is 1. The number of carbonyl (C=O) groups excluding carboxylic acids is 1. The highest BCUT2D eigenvalue weighted by molar-refractivity contribution is 6.30. The van der Waals surface area contributed by atoms with Crippen LogP contribution in [-0.2, 0) is 11.3 Å². The van der Waals surface area contributed by atoms with Crippen molar-refractivity contribution in [3.8, 4) is 11.3 Å². The van der Waals surface area contributed by atoms with Gasteiger partial charge in [0.25, 0.3) is 0 Å². The van der Waals surface area contributed by atoms with Crippen LogP contribution in [0, 0.1) is 0 Å². The van der Waals surface area contributed by atoms with E-state index >= 15 is 0 Å². The third kappa shape index (κ3) is 3.92. The van der Waals surface area contributed by atoms with Crippen molar-refractivity contribution >= 4 is 17.5 Å². The lowest BCUT2D eigenvalue weighted by Gasteiger charge is -2.34. The van der Waals surface area contributed by atoms with Gasteiger partial charge in [-0.05, 0) is 6.92 Å². The van der Waals surface area contributed by atoms with Gasteiger partial charge < -0.3 is 9.32 Å². The summed E-state index contributed by atoms with van der Waals surface area (Å²) in [4.78, 5) is 20.3. The topological polar surface area (TPSA) is 49.6 Å².